The summed E-state index contributed by atoms with van der Waals surface area (Å²) < 4.78 is 0. The Morgan fingerprint density at radius 1 is 1.04 bits per heavy atom. The van der Waals surface area contributed by atoms with Gasteiger partial charge in [0.2, 0.25) is 5.91 Å². The van der Waals surface area contributed by atoms with Crippen molar-refractivity contribution in [2.45, 2.75) is 31.8 Å². The predicted molar refractivity (Wildman–Crippen MR) is 94.7 cm³/mol. The number of nitrogens with one attached hydrogen (secondary N) is 2. The third-order valence-electron chi connectivity index (χ3n) is 6.37. The lowest BCUT2D eigenvalue weighted by molar-refractivity contribution is -0.918. The van der Waals surface area contributed by atoms with Gasteiger partial charge in [0.15, 0.2) is 0 Å². The maximum Gasteiger partial charge on any atom is 0.224 e. The Kier molecular flexibility index (Phi) is 4.81. The molecule has 2 aliphatic carbocycles. The molecule has 1 saturated carbocycles. The highest BCUT2D eigenvalue weighted by molar-refractivity contribution is 5.86. The monoisotopic (exact) mass is 354 g/mol. The molecule has 5 nitrogen and oxygen atoms in total. The summed E-state index contributed by atoms with van der Waals surface area (Å²) in [6.07, 6.45) is 6.62. The van der Waals surface area contributed by atoms with Gasteiger partial charge in [0.25, 0.3) is 0 Å². The smallest absolute Gasteiger partial charge is 0.224 e. The van der Waals surface area contributed by atoms with E-state index < -0.39 is 17.8 Å². The molecule has 3 aliphatic rings. The van der Waals surface area contributed by atoms with Crippen LogP contribution < -0.4 is 15.3 Å². The van der Waals surface area contributed by atoms with Crippen molar-refractivity contribution in [3.8, 4) is 0 Å². The molecule has 0 aromatic heterocycles. The van der Waals surface area contributed by atoms with Gasteiger partial charge < -0.3 is 20.1 Å². The van der Waals surface area contributed by atoms with Crippen LogP contribution >= 0.6 is 0 Å². The number of amides is 1. The van der Waals surface area contributed by atoms with Crippen LogP contribution in [0.15, 0.2) is 42.5 Å². The number of carboxylic acids is 1. The summed E-state index contributed by atoms with van der Waals surface area (Å²) in [7, 11) is 0. The largest absolute Gasteiger partial charge is 0.550 e. The highest BCUT2D eigenvalue weighted by Gasteiger charge is 2.49. The van der Waals surface area contributed by atoms with E-state index in [9.17, 15) is 14.7 Å². The lowest BCUT2D eigenvalue weighted by atomic mass is 9.82. The van der Waals surface area contributed by atoms with E-state index in [4.69, 9.17) is 0 Å². The molecule has 26 heavy (non-hydrogen) atoms. The van der Waals surface area contributed by atoms with Crippen molar-refractivity contribution in [1.29, 1.82) is 0 Å². The SMILES string of the molecule is O=C([O-])[C@H]1[C@H](C(=O)NC2CC[NH+](Cc3ccccc3)CC2)[C@@H]2C=C[C@@H]1C2. The Morgan fingerprint density at radius 3 is 2.35 bits per heavy atom. The normalized spacial score (nSPS) is 35.4. The number of hydrogen-bond donors (Lipinski definition) is 2. The van der Waals surface area contributed by atoms with Crippen molar-refractivity contribution in [2.24, 2.45) is 23.7 Å². The van der Waals surface area contributed by atoms with Gasteiger partial charge in [-0.15, -0.1) is 0 Å². The standard InChI is InChI=1S/C21H26N2O3/c24-20(18-15-6-7-16(12-15)19(18)21(25)26)22-17-8-10-23(11-9-17)13-14-4-2-1-3-5-14/h1-7,15-19H,8-13H2,(H,22,24)(H,25,26)/t15-,16-,18-,19-/m1/s1. The molecule has 4 atom stereocenters. The number of fused-ring (bicyclic) bond motifs is 2. The number of carbonyl (C=O) groups excluding carboxylic acids is 2. The van der Waals surface area contributed by atoms with Gasteiger partial charge in [-0.2, -0.15) is 0 Å². The second kappa shape index (κ2) is 7.23. The average Bonchev–Trinajstić information content (AvgIpc) is 3.25. The number of allylic oxidation sites excluding steroid dienone is 2. The minimum atomic E-state index is -1.08. The summed E-state index contributed by atoms with van der Waals surface area (Å²) in [5, 5.41) is 14.6. The molecule has 2 N–H and O–H groups in total. The average molecular weight is 354 g/mol. The van der Waals surface area contributed by atoms with Gasteiger partial charge in [-0.3, -0.25) is 4.79 Å². The third kappa shape index (κ3) is 3.40. The first-order chi connectivity index (χ1) is 12.6. The first-order valence-corrected chi connectivity index (χ1v) is 9.69. The number of aliphatic carboxylic acids is 1. The fourth-order valence-electron chi connectivity index (χ4n) is 5.03. The lowest BCUT2D eigenvalue weighted by Crippen LogP contribution is -3.12. The molecule has 1 saturated heterocycles. The zero-order valence-corrected chi connectivity index (χ0v) is 14.9. The molecule has 2 fully saturated rings. The molecule has 1 aromatic carbocycles. The van der Waals surface area contributed by atoms with E-state index in [2.05, 4.69) is 29.6 Å². The van der Waals surface area contributed by atoms with Gasteiger partial charge in [-0.1, -0.05) is 42.5 Å². The second-order valence-electron chi connectivity index (χ2n) is 8.01. The van der Waals surface area contributed by atoms with Crippen LogP contribution in [0.3, 0.4) is 0 Å². The quantitative estimate of drug-likeness (QED) is 0.703. The van der Waals surface area contributed by atoms with E-state index >= 15 is 0 Å². The molecular formula is C21H26N2O3. The highest BCUT2D eigenvalue weighted by atomic mass is 16.4. The Morgan fingerprint density at radius 2 is 1.69 bits per heavy atom. The summed E-state index contributed by atoms with van der Waals surface area (Å²) in [4.78, 5) is 25.8. The third-order valence-corrected chi connectivity index (χ3v) is 6.37. The van der Waals surface area contributed by atoms with Gasteiger partial charge in [-0.05, 0) is 18.3 Å². The molecular weight excluding hydrogens is 328 g/mol. The maximum atomic E-state index is 12.7. The van der Waals surface area contributed by atoms with Crippen LogP contribution in [0.2, 0.25) is 0 Å². The van der Waals surface area contributed by atoms with E-state index in [1.165, 1.54) is 10.5 Å². The van der Waals surface area contributed by atoms with Crippen molar-refractivity contribution >= 4 is 11.9 Å². The van der Waals surface area contributed by atoms with Gasteiger partial charge in [0.05, 0.1) is 19.0 Å². The number of carbonyl (C=O) groups is 2. The minimum absolute atomic E-state index is 0.0297. The molecule has 1 aliphatic heterocycles. The van der Waals surface area contributed by atoms with Crippen LogP contribution in [-0.2, 0) is 16.1 Å². The van der Waals surface area contributed by atoms with E-state index in [-0.39, 0.29) is 23.8 Å². The number of benzene rings is 1. The van der Waals surface area contributed by atoms with Crippen LogP contribution in [0.1, 0.15) is 24.8 Å². The fraction of sp³-hybridized carbons (Fsp3) is 0.524. The molecule has 4 rings (SSSR count). The molecule has 1 aromatic rings. The van der Waals surface area contributed by atoms with E-state index in [0.717, 1.165) is 38.9 Å². The number of quaternary nitrogens is 1. The molecule has 0 radical (unpaired) electrons. The van der Waals surface area contributed by atoms with Crippen LogP contribution in [0.25, 0.3) is 0 Å². The molecule has 0 spiro atoms. The molecule has 5 heteroatoms. The number of rotatable bonds is 5. The van der Waals surface area contributed by atoms with Crippen molar-refractivity contribution in [3.05, 3.63) is 48.0 Å². The molecule has 0 unspecified atom stereocenters. The van der Waals surface area contributed by atoms with Crippen LogP contribution in [0.5, 0.6) is 0 Å². The first-order valence-electron chi connectivity index (χ1n) is 9.69. The van der Waals surface area contributed by atoms with Crippen molar-refractivity contribution in [1.82, 2.24) is 5.32 Å². The van der Waals surface area contributed by atoms with E-state index in [0.29, 0.717) is 0 Å². The van der Waals surface area contributed by atoms with Gasteiger partial charge >= 0.3 is 0 Å². The molecule has 138 valence electrons. The minimum Gasteiger partial charge on any atom is -0.550 e. The lowest BCUT2D eigenvalue weighted by Gasteiger charge is -2.33. The zero-order chi connectivity index (χ0) is 18.1. The van der Waals surface area contributed by atoms with E-state index in [1.54, 1.807) is 0 Å². The van der Waals surface area contributed by atoms with Crippen molar-refractivity contribution in [3.63, 3.8) is 0 Å². The molecule has 2 bridgehead atoms. The Labute approximate surface area is 154 Å². The summed E-state index contributed by atoms with van der Waals surface area (Å²) in [6, 6.07) is 10.6. The van der Waals surface area contributed by atoms with E-state index in [1.807, 2.05) is 18.2 Å². The molecule has 1 amide bonds. The summed E-state index contributed by atoms with van der Waals surface area (Å²) in [5.41, 5.74) is 1.34. The molecule has 1 heterocycles. The Balaban J connectivity index is 1.30. The summed E-state index contributed by atoms with van der Waals surface area (Å²) in [6.45, 7) is 3.08. The van der Waals surface area contributed by atoms with Crippen LogP contribution in [0.4, 0.5) is 0 Å². The fourth-order valence-corrected chi connectivity index (χ4v) is 5.03. The van der Waals surface area contributed by atoms with Crippen molar-refractivity contribution in [2.75, 3.05) is 13.1 Å². The predicted octanol–water partition coefficient (Wildman–Crippen LogP) is -0.462. The number of piperidine rings is 1. The zero-order valence-electron chi connectivity index (χ0n) is 14.9. The number of likely N-dealkylation sites (tertiary alicyclic amines) is 1. The second-order valence-corrected chi connectivity index (χ2v) is 8.01. The van der Waals surface area contributed by atoms with Crippen LogP contribution in [-0.4, -0.2) is 31.0 Å². The van der Waals surface area contributed by atoms with Gasteiger partial charge in [-0.25, -0.2) is 0 Å². The van der Waals surface area contributed by atoms with Gasteiger partial charge in [0.1, 0.15) is 6.54 Å². The van der Waals surface area contributed by atoms with Crippen molar-refractivity contribution < 1.29 is 19.6 Å². The Hall–Kier alpha value is -2.14. The van der Waals surface area contributed by atoms with Gasteiger partial charge in [0, 0.05) is 36.3 Å². The number of carboxylic acid groups (broad SMARTS) is 1. The number of hydrogen-bond acceptors (Lipinski definition) is 3. The van der Waals surface area contributed by atoms with Crippen LogP contribution in [0, 0.1) is 23.7 Å². The maximum absolute atomic E-state index is 12.7. The highest BCUT2D eigenvalue weighted by Crippen LogP contribution is 2.47. The summed E-state index contributed by atoms with van der Waals surface area (Å²) >= 11 is 0. The Bertz CT molecular complexity index is 694. The topological polar surface area (TPSA) is 73.7 Å². The first kappa shape index (κ1) is 17.3. The summed E-state index contributed by atoms with van der Waals surface area (Å²) in [5.74, 6) is -2.25.